The summed E-state index contributed by atoms with van der Waals surface area (Å²) in [5.74, 6) is 1.24. The number of oxazole rings is 1. The van der Waals surface area contributed by atoms with Crippen molar-refractivity contribution in [3.8, 4) is 0 Å². The van der Waals surface area contributed by atoms with Gasteiger partial charge in [-0.3, -0.25) is 4.79 Å². The Bertz CT molecular complexity index is 485. The van der Waals surface area contributed by atoms with Crippen molar-refractivity contribution in [2.45, 2.75) is 38.5 Å². The zero-order valence-electron chi connectivity index (χ0n) is 12.2. The molecule has 0 N–H and O–H groups in total. The molecule has 0 bridgehead atoms. The van der Waals surface area contributed by atoms with E-state index in [1.165, 1.54) is 6.39 Å². The smallest absolute Gasteiger partial charge is 0.276 e. The molecule has 0 unspecified atom stereocenters. The molecule has 1 saturated carbocycles. The average Bonchev–Trinajstić information content (AvgIpc) is 3.16. The normalized spacial score (nSPS) is 22.0. The molecule has 5 nitrogen and oxygen atoms in total. The number of methoxy groups -OCH3 is 1. The number of nitrogens with zero attached hydrogens (tertiary/aromatic N) is 2. The second kappa shape index (κ2) is 5.20. The van der Waals surface area contributed by atoms with Gasteiger partial charge >= 0.3 is 0 Å². The van der Waals surface area contributed by atoms with Gasteiger partial charge in [-0.05, 0) is 31.1 Å². The molecule has 1 aromatic heterocycles. The first kappa shape index (κ1) is 13.6. The molecule has 0 radical (unpaired) electrons. The summed E-state index contributed by atoms with van der Waals surface area (Å²) >= 11 is 0. The molecule has 2 fully saturated rings. The number of ether oxygens (including phenoxy) is 1. The zero-order valence-corrected chi connectivity index (χ0v) is 12.2. The summed E-state index contributed by atoms with van der Waals surface area (Å²) in [6.07, 6.45) is 5.58. The van der Waals surface area contributed by atoms with Crippen molar-refractivity contribution in [3.63, 3.8) is 0 Å². The van der Waals surface area contributed by atoms with Crippen molar-refractivity contribution in [3.05, 3.63) is 17.8 Å². The monoisotopic (exact) mass is 278 g/mol. The van der Waals surface area contributed by atoms with Crippen molar-refractivity contribution in [1.82, 2.24) is 9.88 Å². The third-order valence-corrected chi connectivity index (χ3v) is 4.50. The number of hydrogen-bond acceptors (Lipinski definition) is 4. The van der Waals surface area contributed by atoms with Gasteiger partial charge in [-0.1, -0.05) is 6.92 Å². The molecule has 1 aliphatic heterocycles. The van der Waals surface area contributed by atoms with Gasteiger partial charge in [0.15, 0.2) is 12.1 Å². The van der Waals surface area contributed by atoms with Gasteiger partial charge in [0.05, 0.1) is 6.61 Å². The summed E-state index contributed by atoms with van der Waals surface area (Å²) < 4.78 is 10.7. The standard InChI is InChI=1S/C15H22N2O3/c1-15(9-19-2)5-7-17(8-6-15)14(18)12-13(11-3-4-11)20-10-16-12/h10-11H,3-9H2,1-2H3. The minimum absolute atomic E-state index is 0.0279. The van der Waals surface area contributed by atoms with Crippen LogP contribution in [0, 0.1) is 5.41 Å². The first-order chi connectivity index (χ1) is 9.63. The van der Waals surface area contributed by atoms with Crippen molar-refractivity contribution in [1.29, 1.82) is 0 Å². The second-order valence-electron chi connectivity index (χ2n) is 6.38. The van der Waals surface area contributed by atoms with Crippen molar-refractivity contribution in [2.24, 2.45) is 5.41 Å². The Morgan fingerprint density at radius 2 is 2.20 bits per heavy atom. The van der Waals surface area contributed by atoms with E-state index >= 15 is 0 Å². The van der Waals surface area contributed by atoms with E-state index in [0.717, 1.165) is 51.1 Å². The van der Waals surface area contributed by atoms with E-state index in [2.05, 4.69) is 11.9 Å². The molecule has 110 valence electrons. The Kier molecular flexibility index (Phi) is 3.54. The van der Waals surface area contributed by atoms with E-state index in [0.29, 0.717) is 11.6 Å². The molecule has 2 aliphatic rings. The Balaban J connectivity index is 1.65. The van der Waals surface area contributed by atoms with E-state index in [-0.39, 0.29) is 11.3 Å². The van der Waals surface area contributed by atoms with Gasteiger partial charge in [-0.15, -0.1) is 0 Å². The molecular weight excluding hydrogens is 256 g/mol. The van der Waals surface area contributed by atoms with Gasteiger partial charge in [-0.25, -0.2) is 4.98 Å². The van der Waals surface area contributed by atoms with Gasteiger partial charge < -0.3 is 14.1 Å². The van der Waals surface area contributed by atoms with Crippen LogP contribution < -0.4 is 0 Å². The molecule has 5 heteroatoms. The van der Waals surface area contributed by atoms with E-state index in [9.17, 15) is 4.79 Å². The summed E-state index contributed by atoms with van der Waals surface area (Å²) in [6, 6.07) is 0. The third kappa shape index (κ3) is 2.59. The van der Waals surface area contributed by atoms with E-state index in [1.807, 2.05) is 4.90 Å². The molecule has 1 saturated heterocycles. The lowest BCUT2D eigenvalue weighted by atomic mass is 9.81. The Hall–Kier alpha value is -1.36. The van der Waals surface area contributed by atoms with Gasteiger partial charge in [0, 0.05) is 26.1 Å². The van der Waals surface area contributed by atoms with Crippen molar-refractivity contribution < 1.29 is 13.9 Å². The Morgan fingerprint density at radius 3 is 2.80 bits per heavy atom. The summed E-state index contributed by atoms with van der Waals surface area (Å²) in [6.45, 7) is 4.53. The lowest BCUT2D eigenvalue weighted by molar-refractivity contribution is 0.0298. The lowest BCUT2D eigenvalue weighted by Crippen LogP contribution is -2.44. The number of aromatic nitrogens is 1. The minimum Gasteiger partial charge on any atom is -0.447 e. The van der Waals surface area contributed by atoms with Crippen LogP contribution in [0.5, 0.6) is 0 Å². The fraction of sp³-hybridized carbons (Fsp3) is 0.733. The van der Waals surface area contributed by atoms with Crippen LogP contribution in [0.4, 0.5) is 0 Å². The molecule has 1 aliphatic carbocycles. The molecule has 0 atom stereocenters. The molecular formula is C15H22N2O3. The second-order valence-corrected chi connectivity index (χ2v) is 6.38. The van der Waals surface area contributed by atoms with Gasteiger partial charge in [0.25, 0.3) is 5.91 Å². The number of carbonyl (C=O) groups excluding carboxylic acids is 1. The van der Waals surface area contributed by atoms with Crippen LogP contribution in [-0.4, -0.2) is 42.6 Å². The number of carbonyl (C=O) groups is 1. The summed E-state index contributed by atoms with van der Waals surface area (Å²) in [4.78, 5) is 18.6. The number of rotatable bonds is 4. The van der Waals surface area contributed by atoms with Crippen LogP contribution in [-0.2, 0) is 4.74 Å². The maximum absolute atomic E-state index is 12.6. The Labute approximate surface area is 119 Å². The summed E-state index contributed by atoms with van der Waals surface area (Å²) in [5.41, 5.74) is 0.720. The first-order valence-electron chi connectivity index (χ1n) is 7.34. The van der Waals surface area contributed by atoms with Gasteiger partial charge in [0.1, 0.15) is 5.76 Å². The highest BCUT2D eigenvalue weighted by Crippen LogP contribution is 2.42. The molecule has 20 heavy (non-hydrogen) atoms. The highest BCUT2D eigenvalue weighted by atomic mass is 16.5. The highest BCUT2D eigenvalue weighted by molar-refractivity contribution is 5.93. The van der Waals surface area contributed by atoms with Crippen LogP contribution in [0.3, 0.4) is 0 Å². The zero-order chi connectivity index (χ0) is 14.2. The number of hydrogen-bond donors (Lipinski definition) is 0. The summed E-state index contributed by atoms with van der Waals surface area (Å²) in [5, 5.41) is 0. The molecule has 0 spiro atoms. The van der Waals surface area contributed by atoms with Gasteiger partial charge in [0.2, 0.25) is 0 Å². The van der Waals surface area contributed by atoms with Crippen LogP contribution >= 0.6 is 0 Å². The molecule has 1 amide bonds. The predicted octanol–water partition coefficient (Wildman–Crippen LogP) is 2.44. The maximum atomic E-state index is 12.6. The van der Waals surface area contributed by atoms with Crippen LogP contribution in [0.1, 0.15) is 54.8 Å². The first-order valence-corrected chi connectivity index (χ1v) is 7.34. The number of likely N-dealkylation sites (tertiary alicyclic amines) is 1. The van der Waals surface area contributed by atoms with Crippen molar-refractivity contribution >= 4 is 5.91 Å². The topological polar surface area (TPSA) is 55.6 Å². The van der Waals surface area contributed by atoms with Crippen molar-refractivity contribution in [2.75, 3.05) is 26.8 Å². The minimum atomic E-state index is 0.0279. The van der Waals surface area contributed by atoms with Gasteiger partial charge in [-0.2, -0.15) is 0 Å². The summed E-state index contributed by atoms with van der Waals surface area (Å²) in [7, 11) is 1.74. The van der Waals surface area contributed by atoms with E-state index in [4.69, 9.17) is 9.15 Å². The number of amides is 1. The molecule has 0 aromatic carbocycles. The highest BCUT2D eigenvalue weighted by Gasteiger charge is 2.36. The van der Waals surface area contributed by atoms with E-state index in [1.54, 1.807) is 7.11 Å². The molecule has 3 rings (SSSR count). The fourth-order valence-corrected chi connectivity index (χ4v) is 2.94. The number of piperidine rings is 1. The van der Waals surface area contributed by atoms with E-state index < -0.39 is 0 Å². The molecule has 1 aromatic rings. The fourth-order valence-electron chi connectivity index (χ4n) is 2.94. The lowest BCUT2D eigenvalue weighted by Gasteiger charge is -2.38. The van der Waals surface area contributed by atoms with Crippen LogP contribution in [0.25, 0.3) is 0 Å². The largest absolute Gasteiger partial charge is 0.447 e. The maximum Gasteiger partial charge on any atom is 0.276 e. The average molecular weight is 278 g/mol. The van der Waals surface area contributed by atoms with Crippen LogP contribution in [0.2, 0.25) is 0 Å². The SMILES string of the molecule is COCC1(C)CCN(C(=O)c2ncoc2C2CC2)CC1. The third-order valence-electron chi connectivity index (χ3n) is 4.50. The quantitative estimate of drug-likeness (QED) is 0.849. The molecule has 2 heterocycles. The predicted molar refractivity (Wildman–Crippen MR) is 73.6 cm³/mol. The van der Waals surface area contributed by atoms with Crippen LogP contribution in [0.15, 0.2) is 10.8 Å². The Morgan fingerprint density at radius 1 is 1.50 bits per heavy atom.